The Labute approximate surface area is 138 Å². The molecular formula is C16H32N2O5. The van der Waals surface area contributed by atoms with Crippen molar-refractivity contribution in [1.82, 2.24) is 10.6 Å². The van der Waals surface area contributed by atoms with Gasteiger partial charge in [-0.25, -0.2) is 0 Å². The molecular weight excluding hydrogens is 300 g/mol. The summed E-state index contributed by atoms with van der Waals surface area (Å²) in [6, 6.07) is 0. The maximum atomic E-state index is 11.6. The number of nitrogens with one attached hydrogen (secondary N) is 2. The van der Waals surface area contributed by atoms with E-state index in [0.29, 0.717) is 13.0 Å². The zero-order chi connectivity index (χ0) is 17.5. The molecule has 0 aromatic carbocycles. The molecule has 23 heavy (non-hydrogen) atoms. The predicted octanol–water partition coefficient (Wildman–Crippen LogP) is -0.622. The zero-order valence-corrected chi connectivity index (χ0v) is 14.1. The van der Waals surface area contributed by atoms with E-state index in [1.807, 2.05) is 0 Å². The summed E-state index contributed by atoms with van der Waals surface area (Å²) < 4.78 is 0. The lowest BCUT2D eigenvalue weighted by Crippen LogP contribution is -2.41. The molecule has 0 saturated carbocycles. The first-order valence-corrected chi connectivity index (χ1v) is 8.48. The van der Waals surface area contributed by atoms with Gasteiger partial charge in [0, 0.05) is 6.42 Å². The molecule has 0 amide bonds. The number of carbonyl (C=O) groups excluding carboxylic acids is 2. The number of rotatable bonds is 16. The number of unbranched alkanes of at least 4 members (excludes halogenated alkanes) is 2. The SMILES string of the molecule is CCCNCCCCCNCCCC(=O)[C@H](O)[C@@H](O)C(=O)CO. The Balaban J connectivity index is 3.50. The van der Waals surface area contributed by atoms with Gasteiger partial charge in [-0.2, -0.15) is 0 Å². The topological polar surface area (TPSA) is 119 Å². The van der Waals surface area contributed by atoms with Crippen LogP contribution in [-0.2, 0) is 9.59 Å². The van der Waals surface area contributed by atoms with Crippen molar-refractivity contribution in [2.24, 2.45) is 0 Å². The summed E-state index contributed by atoms with van der Waals surface area (Å²) in [5.41, 5.74) is 0. The second kappa shape index (κ2) is 14.7. The van der Waals surface area contributed by atoms with Gasteiger partial charge in [-0.1, -0.05) is 13.3 Å². The Hall–Kier alpha value is -0.860. The van der Waals surface area contributed by atoms with Crippen molar-refractivity contribution in [3.8, 4) is 0 Å². The first-order chi connectivity index (χ1) is 11.0. The lowest BCUT2D eigenvalue weighted by Gasteiger charge is -2.14. The molecule has 0 spiro atoms. The summed E-state index contributed by atoms with van der Waals surface area (Å²) >= 11 is 0. The quantitative estimate of drug-likeness (QED) is 0.239. The number of carbonyl (C=O) groups is 2. The molecule has 0 aliphatic rings. The highest BCUT2D eigenvalue weighted by Crippen LogP contribution is 2.02. The lowest BCUT2D eigenvalue weighted by molar-refractivity contribution is -0.145. The molecule has 0 aliphatic carbocycles. The maximum Gasteiger partial charge on any atom is 0.189 e. The van der Waals surface area contributed by atoms with E-state index in [-0.39, 0.29) is 6.42 Å². The van der Waals surface area contributed by atoms with Gasteiger partial charge in [0.1, 0.15) is 18.8 Å². The van der Waals surface area contributed by atoms with Crippen LogP contribution in [0.5, 0.6) is 0 Å². The number of hydrogen-bond donors (Lipinski definition) is 5. The van der Waals surface area contributed by atoms with Crippen LogP contribution in [0.1, 0.15) is 45.4 Å². The van der Waals surface area contributed by atoms with Crippen LogP contribution in [0, 0.1) is 0 Å². The Morgan fingerprint density at radius 3 is 1.91 bits per heavy atom. The van der Waals surface area contributed by atoms with Crippen molar-refractivity contribution >= 4 is 11.6 Å². The van der Waals surface area contributed by atoms with Crippen LogP contribution >= 0.6 is 0 Å². The Morgan fingerprint density at radius 2 is 1.35 bits per heavy atom. The van der Waals surface area contributed by atoms with Crippen molar-refractivity contribution < 1.29 is 24.9 Å². The predicted molar refractivity (Wildman–Crippen MR) is 88.2 cm³/mol. The molecule has 0 rings (SSSR count). The highest BCUT2D eigenvalue weighted by molar-refractivity contribution is 5.93. The van der Waals surface area contributed by atoms with E-state index < -0.39 is 30.4 Å². The van der Waals surface area contributed by atoms with Crippen LogP contribution in [-0.4, -0.2) is 71.9 Å². The zero-order valence-electron chi connectivity index (χ0n) is 14.1. The number of hydrogen-bond acceptors (Lipinski definition) is 7. The van der Waals surface area contributed by atoms with Gasteiger partial charge in [0.2, 0.25) is 0 Å². The minimum Gasteiger partial charge on any atom is -0.388 e. The fourth-order valence-corrected chi connectivity index (χ4v) is 2.08. The highest BCUT2D eigenvalue weighted by Gasteiger charge is 2.28. The van der Waals surface area contributed by atoms with Gasteiger partial charge in [-0.05, 0) is 51.9 Å². The van der Waals surface area contributed by atoms with Gasteiger partial charge >= 0.3 is 0 Å². The monoisotopic (exact) mass is 332 g/mol. The van der Waals surface area contributed by atoms with Crippen LogP contribution in [0.3, 0.4) is 0 Å². The molecule has 0 unspecified atom stereocenters. The molecule has 0 radical (unpaired) electrons. The van der Waals surface area contributed by atoms with Crippen LogP contribution in [0.15, 0.2) is 0 Å². The van der Waals surface area contributed by atoms with Crippen LogP contribution < -0.4 is 10.6 Å². The second-order valence-electron chi connectivity index (χ2n) is 5.64. The molecule has 0 heterocycles. The molecule has 0 fully saturated rings. The Kier molecular flexibility index (Phi) is 14.2. The largest absolute Gasteiger partial charge is 0.388 e. The van der Waals surface area contributed by atoms with Gasteiger partial charge in [0.05, 0.1) is 0 Å². The maximum absolute atomic E-state index is 11.6. The summed E-state index contributed by atoms with van der Waals surface area (Å²) in [6.07, 6.45) is 1.58. The third-order valence-electron chi connectivity index (χ3n) is 3.53. The fourth-order valence-electron chi connectivity index (χ4n) is 2.08. The molecule has 0 saturated heterocycles. The van der Waals surface area contributed by atoms with E-state index in [1.165, 1.54) is 0 Å². The third-order valence-corrected chi connectivity index (χ3v) is 3.53. The van der Waals surface area contributed by atoms with E-state index in [0.717, 1.165) is 45.3 Å². The first-order valence-electron chi connectivity index (χ1n) is 8.48. The number of aliphatic hydroxyl groups excluding tert-OH is 3. The first kappa shape index (κ1) is 22.1. The van der Waals surface area contributed by atoms with Crippen molar-refractivity contribution in [3.05, 3.63) is 0 Å². The van der Waals surface area contributed by atoms with Crippen molar-refractivity contribution in [2.75, 3.05) is 32.8 Å². The smallest absolute Gasteiger partial charge is 0.189 e. The van der Waals surface area contributed by atoms with E-state index in [9.17, 15) is 19.8 Å². The van der Waals surface area contributed by atoms with Gasteiger partial charge in [0.25, 0.3) is 0 Å². The summed E-state index contributed by atoms with van der Waals surface area (Å²) in [4.78, 5) is 22.6. The fraction of sp³-hybridized carbons (Fsp3) is 0.875. The van der Waals surface area contributed by atoms with Gasteiger partial charge < -0.3 is 26.0 Å². The second-order valence-corrected chi connectivity index (χ2v) is 5.64. The van der Waals surface area contributed by atoms with Gasteiger partial charge in [-0.15, -0.1) is 0 Å². The van der Waals surface area contributed by atoms with Crippen LogP contribution in [0.2, 0.25) is 0 Å². The summed E-state index contributed by atoms with van der Waals surface area (Å²) in [5.74, 6) is -1.53. The van der Waals surface area contributed by atoms with Gasteiger partial charge in [-0.3, -0.25) is 9.59 Å². The normalized spacial score (nSPS) is 13.7. The number of ketones is 2. The molecule has 7 nitrogen and oxygen atoms in total. The number of Topliss-reactive ketones (excluding diaryl/α,β-unsaturated/α-hetero) is 2. The minimum atomic E-state index is -1.83. The molecule has 0 bridgehead atoms. The molecule has 2 atom stereocenters. The third kappa shape index (κ3) is 11.3. The molecule has 0 aromatic heterocycles. The highest BCUT2D eigenvalue weighted by atomic mass is 16.3. The van der Waals surface area contributed by atoms with E-state index >= 15 is 0 Å². The van der Waals surface area contributed by atoms with Gasteiger partial charge in [0.15, 0.2) is 11.6 Å². The summed E-state index contributed by atoms with van der Waals surface area (Å²) in [6.45, 7) is 4.91. The standard InChI is InChI=1S/C16H32N2O5/c1-2-8-17-9-4-3-5-10-18-11-6-7-13(20)15(22)16(23)14(21)12-19/h15-19,22-23H,2-12H2,1H3/t15-,16-/m0/s1. The number of aliphatic hydroxyl groups is 3. The average Bonchev–Trinajstić information content (AvgIpc) is 2.57. The van der Waals surface area contributed by atoms with E-state index in [4.69, 9.17) is 5.11 Å². The summed E-state index contributed by atoms with van der Waals surface area (Å²) in [7, 11) is 0. The molecule has 5 N–H and O–H groups in total. The lowest BCUT2D eigenvalue weighted by atomic mass is 10.0. The van der Waals surface area contributed by atoms with Crippen LogP contribution in [0.4, 0.5) is 0 Å². The Bertz CT molecular complexity index is 326. The Morgan fingerprint density at radius 1 is 0.826 bits per heavy atom. The summed E-state index contributed by atoms with van der Waals surface area (Å²) in [5, 5.41) is 34.0. The molecule has 0 aliphatic heterocycles. The molecule has 136 valence electrons. The van der Waals surface area contributed by atoms with Crippen LogP contribution in [0.25, 0.3) is 0 Å². The average molecular weight is 332 g/mol. The van der Waals surface area contributed by atoms with Crippen molar-refractivity contribution in [3.63, 3.8) is 0 Å². The van der Waals surface area contributed by atoms with Crippen molar-refractivity contribution in [2.45, 2.75) is 57.7 Å². The van der Waals surface area contributed by atoms with Crippen molar-refractivity contribution in [1.29, 1.82) is 0 Å². The molecule has 0 aromatic rings. The molecule has 7 heteroatoms. The minimum absolute atomic E-state index is 0.0882. The van der Waals surface area contributed by atoms with E-state index in [2.05, 4.69) is 17.6 Å². The van der Waals surface area contributed by atoms with E-state index in [1.54, 1.807) is 0 Å².